The number of amides is 1. The van der Waals surface area contributed by atoms with Gasteiger partial charge in [0, 0.05) is 39.3 Å². The van der Waals surface area contributed by atoms with Gasteiger partial charge in [0.15, 0.2) is 11.6 Å². The Labute approximate surface area is 179 Å². The van der Waals surface area contributed by atoms with Crippen molar-refractivity contribution in [3.8, 4) is 0 Å². The van der Waals surface area contributed by atoms with E-state index in [0.29, 0.717) is 12.3 Å². The highest BCUT2D eigenvalue weighted by atomic mass is 16.2. The van der Waals surface area contributed by atoms with Crippen LogP contribution in [-0.2, 0) is 11.2 Å². The number of nitrogens with zero attached hydrogens (tertiary/aromatic N) is 5. The zero-order valence-electron chi connectivity index (χ0n) is 18.3. The highest BCUT2D eigenvalue weighted by Gasteiger charge is 2.22. The molecule has 4 rings (SSSR count). The molecule has 2 fully saturated rings. The minimum Gasteiger partial charge on any atom is -0.355 e. The van der Waals surface area contributed by atoms with Crippen LogP contribution in [0.25, 0.3) is 0 Å². The predicted octanol–water partition coefficient (Wildman–Crippen LogP) is 3.48. The molecule has 160 valence electrons. The van der Waals surface area contributed by atoms with Gasteiger partial charge in [-0.05, 0) is 48.4 Å². The highest BCUT2D eigenvalue weighted by Crippen LogP contribution is 2.20. The predicted molar refractivity (Wildman–Crippen MR) is 121 cm³/mol. The van der Waals surface area contributed by atoms with Gasteiger partial charge in [-0.15, -0.1) is 10.2 Å². The van der Waals surface area contributed by atoms with E-state index >= 15 is 0 Å². The second-order valence-corrected chi connectivity index (χ2v) is 8.74. The van der Waals surface area contributed by atoms with Crippen LogP contribution in [0, 0.1) is 0 Å². The lowest BCUT2D eigenvalue weighted by atomic mass is 10.0. The topological polar surface area (TPSA) is 52.6 Å². The third-order valence-corrected chi connectivity index (χ3v) is 6.27. The molecule has 0 radical (unpaired) electrons. The molecule has 2 aromatic rings. The van der Waals surface area contributed by atoms with Crippen LogP contribution in [0.5, 0.6) is 0 Å². The van der Waals surface area contributed by atoms with Crippen LogP contribution in [0.1, 0.15) is 50.2 Å². The molecular weight excluding hydrogens is 374 g/mol. The monoisotopic (exact) mass is 407 g/mol. The summed E-state index contributed by atoms with van der Waals surface area (Å²) in [5, 5.41) is 8.93. The summed E-state index contributed by atoms with van der Waals surface area (Å²) < 4.78 is 0. The van der Waals surface area contributed by atoms with E-state index in [-0.39, 0.29) is 5.91 Å². The van der Waals surface area contributed by atoms with Crippen LogP contribution >= 0.6 is 0 Å². The first kappa shape index (κ1) is 20.6. The first-order chi connectivity index (χ1) is 14.6. The van der Waals surface area contributed by atoms with E-state index in [4.69, 9.17) is 0 Å². The van der Waals surface area contributed by atoms with E-state index in [2.05, 4.69) is 70.2 Å². The summed E-state index contributed by atoms with van der Waals surface area (Å²) in [6.07, 6.45) is 4.26. The lowest BCUT2D eigenvalue weighted by Gasteiger charge is -2.35. The number of piperidine rings is 1. The van der Waals surface area contributed by atoms with Crippen molar-refractivity contribution in [1.29, 1.82) is 0 Å². The summed E-state index contributed by atoms with van der Waals surface area (Å²) in [5.41, 5.74) is 2.40. The van der Waals surface area contributed by atoms with Crippen molar-refractivity contribution >= 4 is 17.5 Å². The van der Waals surface area contributed by atoms with Crippen molar-refractivity contribution in [2.24, 2.45) is 0 Å². The zero-order valence-corrected chi connectivity index (χ0v) is 18.3. The van der Waals surface area contributed by atoms with Crippen molar-refractivity contribution in [2.75, 3.05) is 49.1 Å². The number of carbonyl (C=O) groups excluding carboxylic acids is 1. The molecule has 1 amide bonds. The van der Waals surface area contributed by atoms with Gasteiger partial charge in [-0.2, -0.15) is 0 Å². The van der Waals surface area contributed by atoms with E-state index < -0.39 is 0 Å². The van der Waals surface area contributed by atoms with Gasteiger partial charge in [0.1, 0.15) is 0 Å². The standard InChI is InChI=1S/C24H33N5O/c1-19(2)21-8-6-20(7-9-21)18-24(30)29-16-14-28(15-17-29)23-11-10-22(25-26-23)27-12-4-3-5-13-27/h6-11,19H,3-5,12-18H2,1-2H3. The summed E-state index contributed by atoms with van der Waals surface area (Å²) in [6, 6.07) is 12.6. The van der Waals surface area contributed by atoms with E-state index in [0.717, 1.165) is 56.5 Å². The fourth-order valence-electron chi connectivity index (χ4n) is 4.27. The number of rotatable bonds is 5. The number of carbonyl (C=O) groups is 1. The SMILES string of the molecule is CC(C)c1ccc(CC(=O)N2CCN(c3ccc(N4CCCCC4)nn3)CC2)cc1. The van der Waals surface area contributed by atoms with E-state index in [9.17, 15) is 4.79 Å². The Kier molecular flexibility index (Phi) is 6.50. The molecule has 0 atom stereocenters. The Morgan fingerprint density at radius 2 is 1.37 bits per heavy atom. The summed E-state index contributed by atoms with van der Waals surface area (Å²) in [5.74, 6) is 2.61. The minimum atomic E-state index is 0.207. The molecule has 2 saturated heterocycles. The van der Waals surface area contributed by atoms with E-state index in [1.807, 2.05) is 4.90 Å². The summed E-state index contributed by atoms with van der Waals surface area (Å²) in [6.45, 7) is 9.60. The lowest BCUT2D eigenvalue weighted by molar-refractivity contribution is -0.130. The van der Waals surface area contributed by atoms with Gasteiger partial charge in [0.05, 0.1) is 6.42 Å². The molecule has 0 spiro atoms. The Morgan fingerprint density at radius 1 is 0.800 bits per heavy atom. The fraction of sp³-hybridized carbons (Fsp3) is 0.542. The third kappa shape index (κ3) is 4.91. The molecule has 0 N–H and O–H groups in total. The summed E-state index contributed by atoms with van der Waals surface area (Å²) in [4.78, 5) is 19.3. The average molecular weight is 408 g/mol. The van der Waals surface area contributed by atoms with Gasteiger partial charge in [-0.25, -0.2) is 0 Å². The van der Waals surface area contributed by atoms with Crippen LogP contribution in [0.2, 0.25) is 0 Å². The maximum absolute atomic E-state index is 12.7. The van der Waals surface area contributed by atoms with Crippen LogP contribution in [0.4, 0.5) is 11.6 Å². The molecule has 0 aliphatic carbocycles. The normalized spacial score (nSPS) is 17.5. The number of aromatic nitrogens is 2. The Hall–Kier alpha value is -2.63. The number of benzene rings is 1. The second kappa shape index (κ2) is 9.45. The van der Waals surface area contributed by atoms with Crippen molar-refractivity contribution in [3.05, 3.63) is 47.5 Å². The van der Waals surface area contributed by atoms with Gasteiger partial charge < -0.3 is 14.7 Å². The van der Waals surface area contributed by atoms with Crippen molar-refractivity contribution in [1.82, 2.24) is 15.1 Å². The molecule has 0 saturated carbocycles. The van der Waals surface area contributed by atoms with Crippen LogP contribution in [-0.4, -0.2) is 60.3 Å². The largest absolute Gasteiger partial charge is 0.355 e. The molecule has 30 heavy (non-hydrogen) atoms. The van der Waals surface area contributed by atoms with Gasteiger partial charge in [-0.3, -0.25) is 4.79 Å². The third-order valence-electron chi connectivity index (χ3n) is 6.27. The van der Waals surface area contributed by atoms with E-state index in [1.54, 1.807) is 0 Å². The van der Waals surface area contributed by atoms with Crippen LogP contribution in [0.3, 0.4) is 0 Å². The summed E-state index contributed by atoms with van der Waals surface area (Å²) >= 11 is 0. The van der Waals surface area contributed by atoms with Gasteiger partial charge in [0.2, 0.25) is 5.91 Å². The number of piperazine rings is 1. The molecule has 1 aromatic heterocycles. The van der Waals surface area contributed by atoms with Crippen molar-refractivity contribution < 1.29 is 4.79 Å². The maximum Gasteiger partial charge on any atom is 0.227 e. The molecule has 6 nitrogen and oxygen atoms in total. The summed E-state index contributed by atoms with van der Waals surface area (Å²) in [7, 11) is 0. The van der Waals surface area contributed by atoms with Gasteiger partial charge in [0.25, 0.3) is 0 Å². The molecule has 6 heteroatoms. The first-order valence-corrected chi connectivity index (χ1v) is 11.3. The van der Waals surface area contributed by atoms with Gasteiger partial charge in [-0.1, -0.05) is 38.1 Å². The van der Waals surface area contributed by atoms with Crippen molar-refractivity contribution in [2.45, 2.75) is 45.4 Å². The molecule has 0 unspecified atom stereocenters. The Morgan fingerprint density at radius 3 is 1.90 bits per heavy atom. The van der Waals surface area contributed by atoms with E-state index in [1.165, 1.54) is 24.8 Å². The fourth-order valence-corrected chi connectivity index (χ4v) is 4.27. The minimum absolute atomic E-state index is 0.207. The molecular formula is C24H33N5O. The number of anilines is 2. The lowest BCUT2D eigenvalue weighted by Crippen LogP contribution is -2.49. The quantitative estimate of drug-likeness (QED) is 0.760. The molecule has 2 aliphatic rings. The first-order valence-electron chi connectivity index (χ1n) is 11.3. The van der Waals surface area contributed by atoms with Crippen LogP contribution < -0.4 is 9.80 Å². The Bertz CT molecular complexity index is 820. The molecule has 1 aromatic carbocycles. The average Bonchev–Trinajstić information content (AvgIpc) is 2.80. The van der Waals surface area contributed by atoms with Crippen LogP contribution in [0.15, 0.2) is 36.4 Å². The number of hydrogen-bond acceptors (Lipinski definition) is 5. The van der Waals surface area contributed by atoms with Crippen molar-refractivity contribution in [3.63, 3.8) is 0 Å². The molecule has 0 bridgehead atoms. The highest BCUT2D eigenvalue weighted by molar-refractivity contribution is 5.79. The smallest absolute Gasteiger partial charge is 0.227 e. The zero-order chi connectivity index (χ0) is 20.9. The second-order valence-electron chi connectivity index (χ2n) is 8.74. The van der Waals surface area contributed by atoms with Gasteiger partial charge >= 0.3 is 0 Å². The number of hydrogen-bond donors (Lipinski definition) is 0. The Balaban J connectivity index is 1.28. The molecule has 3 heterocycles. The maximum atomic E-state index is 12.7. The molecule has 2 aliphatic heterocycles.